The van der Waals surface area contributed by atoms with E-state index in [1.54, 1.807) is 45.2 Å². The van der Waals surface area contributed by atoms with E-state index in [1.165, 1.54) is 6.26 Å². The third-order valence-corrected chi connectivity index (χ3v) is 13.0. The van der Waals surface area contributed by atoms with Gasteiger partial charge in [-0.2, -0.15) is 0 Å². The Labute approximate surface area is 324 Å². The first-order valence-electron chi connectivity index (χ1n) is 18.6. The highest BCUT2D eigenvalue weighted by molar-refractivity contribution is 8.25. The molecule has 4 rings (SSSR count). The molecule has 3 aliphatic heterocycles. The van der Waals surface area contributed by atoms with Crippen molar-refractivity contribution in [3.05, 3.63) is 29.8 Å². The van der Waals surface area contributed by atoms with Crippen LogP contribution in [0.25, 0.3) is 0 Å². The van der Waals surface area contributed by atoms with Crippen LogP contribution in [0.3, 0.4) is 0 Å². The number of cyclic esters (lactones) is 1. The zero-order valence-corrected chi connectivity index (χ0v) is 34.8. The van der Waals surface area contributed by atoms with Gasteiger partial charge in [-0.1, -0.05) is 32.9 Å². The number of methoxy groups -OCH3 is 1. The highest BCUT2D eigenvalue weighted by Gasteiger charge is 2.55. The van der Waals surface area contributed by atoms with Crippen LogP contribution >= 0.6 is 11.8 Å². The average Bonchev–Trinajstić information content (AvgIpc) is 3.42. The van der Waals surface area contributed by atoms with Crippen molar-refractivity contribution in [3.63, 3.8) is 0 Å². The topological polar surface area (TPSA) is 191 Å². The van der Waals surface area contributed by atoms with Crippen LogP contribution in [0, 0.1) is 11.8 Å². The number of nitrogens with zero attached hydrogens (tertiary/aromatic N) is 1. The maximum Gasteiger partial charge on any atom is 0.408 e. The van der Waals surface area contributed by atoms with Crippen LogP contribution in [0.2, 0.25) is 0 Å². The number of aliphatic hydroxyl groups is 1. The molecule has 15 nitrogen and oxygen atoms in total. The molecule has 1 aromatic rings. The number of hydrogen-bond acceptors (Lipinski definition) is 15. The molecule has 3 unspecified atom stereocenters. The van der Waals surface area contributed by atoms with Crippen LogP contribution in [0.4, 0.5) is 9.59 Å². The smallest absolute Gasteiger partial charge is 0.408 e. The number of thioether (sulfide) groups is 1. The Morgan fingerprint density at radius 1 is 1.11 bits per heavy atom. The molecule has 12 atom stereocenters. The van der Waals surface area contributed by atoms with Gasteiger partial charge in [0.25, 0.3) is 0 Å². The normalized spacial score (nSPS) is 37.4. The van der Waals surface area contributed by atoms with E-state index in [1.807, 2.05) is 46.7 Å². The largest absolute Gasteiger partial charge is 0.450 e. The molecule has 0 aromatic heterocycles. The number of ether oxygens (including phenoxy) is 5. The molecule has 54 heavy (non-hydrogen) atoms. The van der Waals surface area contributed by atoms with Crippen LogP contribution in [0.1, 0.15) is 66.4 Å². The molecule has 0 radical (unpaired) electrons. The standard InChI is InChI=1S/C37H60N4O11S2/c1-11-28-37(6)30(40-34(44)52-37)23(4)39-18-21(2)17-36(5,48-9)31(22(3)32(43)53-35(45)50-28)51-33-29(42)27(41(7)8)16-25(49-33)20-38-19-24-12-14-26(15-13-24)54(10,46)47/h12-15,21-23,25,27-31,33,38-39,42H,11,16-20H2,1-10H3,(H,40,44)/t21-,22-,23-,25?,27?,28-,29?,30-,31-,33+,36-,37-/m1/s1. The van der Waals surface area contributed by atoms with Crippen LogP contribution in [0.5, 0.6) is 0 Å². The number of nitrogens with one attached hydrogen (secondary N) is 3. The van der Waals surface area contributed by atoms with Crippen molar-refractivity contribution in [2.45, 2.75) is 132 Å². The number of hydrogen-bond donors (Lipinski definition) is 4. The average molecular weight is 801 g/mol. The van der Waals surface area contributed by atoms with Crippen molar-refractivity contribution < 1.29 is 51.6 Å². The Bertz CT molecular complexity index is 1570. The van der Waals surface area contributed by atoms with Crippen molar-refractivity contribution in [3.8, 4) is 0 Å². The van der Waals surface area contributed by atoms with Crippen LogP contribution in [0.15, 0.2) is 29.2 Å². The van der Waals surface area contributed by atoms with Gasteiger partial charge in [0.15, 0.2) is 21.7 Å². The van der Waals surface area contributed by atoms with Crippen LogP contribution in [-0.2, 0) is 44.9 Å². The summed E-state index contributed by atoms with van der Waals surface area (Å²) in [5.74, 6) is -0.948. The van der Waals surface area contributed by atoms with E-state index in [4.69, 9.17) is 23.7 Å². The Kier molecular flexibility index (Phi) is 15.0. The minimum Gasteiger partial charge on any atom is -0.450 e. The molecule has 1 amide bonds. The molecule has 0 saturated carbocycles. The lowest BCUT2D eigenvalue weighted by molar-refractivity contribution is -0.296. The Balaban J connectivity index is 1.58. The van der Waals surface area contributed by atoms with Crippen molar-refractivity contribution in [1.82, 2.24) is 20.9 Å². The van der Waals surface area contributed by atoms with Gasteiger partial charge in [0.05, 0.1) is 34.7 Å². The molecule has 17 heteroatoms. The lowest BCUT2D eigenvalue weighted by atomic mass is 9.82. The summed E-state index contributed by atoms with van der Waals surface area (Å²) in [4.78, 5) is 41.9. The van der Waals surface area contributed by atoms with Gasteiger partial charge in [-0.25, -0.2) is 18.0 Å². The monoisotopic (exact) mass is 800 g/mol. The van der Waals surface area contributed by atoms with Crippen molar-refractivity contribution in [2.24, 2.45) is 11.8 Å². The second-order valence-corrected chi connectivity index (χ2v) is 18.6. The molecule has 4 N–H and O–H groups in total. The summed E-state index contributed by atoms with van der Waals surface area (Å²) >= 11 is 0.422. The van der Waals surface area contributed by atoms with Gasteiger partial charge in [-0.3, -0.25) is 4.79 Å². The third kappa shape index (κ3) is 10.5. The second kappa shape index (κ2) is 18.3. The quantitative estimate of drug-likeness (QED) is 0.253. The highest BCUT2D eigenvalue weighted by Crippen LogP contribution is 2.38. The van der Waals surface area contributed by atoms with Gasteiger partial charge >= 0.3 is 11.4 Å². The molecular formula is C37H60N4O11S2. The number of carbonyl (C=O) groups is 3. The Morgan fingerprint density at radius 2 is 1.78 bits per heavy atom. The molecule has 0 bridgehead atoms. The summed E-state index contributed by atoms with van der Waals surface area (Å²) in [5, 5.41) is 20.0. The number of sulfone groups is 1. The first kappa shape index (κ1) is 44.4. The lowest BCUT2D eigenvalue weighted by Gasteiger charge is -2.47. The molecule has 3 aliphatic rings. The third-order valence-electron chi connectivity index (χ3n) is 11.1. The predicted octanol–water partition coefficient (Wildman–Crippen LogP) is 3.07. The Morgan fingerprint density at radius 3 is 2.37 bits per heavy atom. The summed E-state index contributed by atoms with van der Waals surface area (Å²) in [5.41, 5.74) is -1.39. The summed E-state index contributed by atoms with van der Waals surface area (Å²) in [6.45, 7) is 12.4. The number of rotatable bonds is 10. The molecular weight excluding hydrogens is 741 g/mol. The van der Waals surface area contributed by atoms with Crippen molar-refractivity contribution in [1.29, 1.82) is 0 Å². The lowest BCUT2D eigenvalue weighted by Crippen LogP contribution is -2.60. The minimum absolute atomic E-state index is 0.0251. The van der Waals surface area contributed by atoms with Crippen LogP contribution in [-0.4, -0.2) is 136 Å². The van der Waals surface area contributed by atoms with E-state index in [-0.39, 0.29) is 22.9 Å². The SMILES string of the molecule is CC[C@H]1OC(=O)SC(=O)[C@H](C)[C@@H](O[C@@H]2OC(CNCc3ccc(S(C)(=O)=O)cc3)CC(N(C)C)C2O)[C@](C)(OC)C[C@@H](C)CN[C@H](C)[C@H]2NC(=O)O[C@@]21C. The first-order valence-corrected chi connectivity index (χ1v) is 21.3. The van der Waals surface area contributed by atoms with Gasteiger partial charge in [0, 0.05) is 50.3 Å². The summed E-state index contributed by atoms with van der Waals surface area (Å²) in [6, 6.07) is 5.51. The van der Waals surface area contributed by atoms with E-state index < -0.39 is 80.2 Å². The fourth-order valence-corrected chi connectivity index (χ4v) is 9.19. The predicted molar refractivity (Wildman–Crippen MR) is 204 cm³/mol. The van der Waals surface area contributed by atoms with Gasteiger partial charge < -0.3 is 49.6 Å². The maximum absolute atomic E-state index is 13.9. The van der Waals surface area contributed by atoms with E-state index in [0.29, 0.717) is 50.7 Å². The first-order chi connectivity index (χ1) is 25.2. The molecule has 1 aromatic carbocycles. The van der Waals surface area contributed by atoms with E-state index in [9.17, 15) is 27.9 Å². The summed E-state index contributed by atoms with van der Waals surface area (Å²) < 4.78 is 54.6. The zero-order chi connectivity index (χ0) is 40.2. The summed E-state index contributed by atoms with van der Waals surface area (Å²) in [7, 11) is 1.98. The zero-order valence-electron chi connectivity index (χ0n) is 33.1. The number of carbonyl (C=O) groups excluding carboxylic acids is 3. The molecule has 3 heterocycles. The minimum atomic E-state index is -3.30. The van der Waals surface area contributed by atoms with Gasteiger partial charge in [0.2, 0.25) is 5.12 Å². The van der Waals surface area contributed by atoms with E-state index in [0.717, 1.165) is 5.56 Å². The number of fused-ring (bicyclic) bond motifs is 1. The Hall–Kier alpha value is -2.35. The molecule has 3 fully saturated rings. The van der Waals surface area contributed by atoms with E-state index in [2.05, 4.69) is 16.0 Å². The number of aliphatic hydroxyl groups excluding tert-OH is 1. The molecule has 3 saturated heterocycles. The maximum atomic E-state index is 13.9. The van der Waals surface area contributed by atoms with Crippen LogP contribution < -0.4 is 16.0 Å². The van der Waals surface area contributed by atoms with Gasteiger partial charge in [0.1, 0.15) is 12.2 Å². The number of likely N-dealkylation sites (N-methyl/N-ethyl adjacent to an activating group) is 1. The number of amides is 1. The summed E-state index contributed by atoms with van der Waals surface area (Å²) in [6.07, 6.45) is -2.63. The van der Waals surface area contributed by atoms with E-state index >= 15 is 0 Å². The second-order valence-electron chi connectivity index (χ2n) is 15.7. The molecule has 0 spiro atoms. The fraction of sp³-hybridized carbons (Fsp3) is 0.757. The van der Waals surface area contributed by atoms with Crippen molar-refractivity contribution >= 4 is 38.1 Å². The van der Waals surface area contributed by atoms with Crippen molar-refractivity contribution in [2.75, 3.05) is 40.6 Å². The number of alkyl carbamates (subject to hydrolysis) is 1. The highest BCUT2D eigenvalue weighted by atomic mass is 32.2. The molecule has 306 valence electrons. The fourth-order valence-electron chi connectivity index (χ4n) is 7.92. The van der Waals surface area contributed by atoms with Gasteiger partial charge in [-0.05, 0) is 84.3 Å². The van der Waals surface area contributed by atoms with Gasteiger partial charge in [-0.15, -0.1) is 0 Å². The molecule has 0 aliphatic carbocycles. The number of benzene rings is 1.